The summed E-state index contributed by atoms with van der Waals surface area (Å²) in [6, 6.07) is 6.00. The average molecular weight is 315 g/mol. The second kappa shape index (κ2) is 8.08. The maximum atomic E-state index is 12.5. The molecule has 8 heteroatoms. The third-order valence-electron chi connectivity index (χ3n) is 2.74. The molecule has 0 radical (unpaired) electrons. The van der Waals surface area contributed by atoms with Gasteiger partial charge in [0.25, 0.3) is 0 Å². The van der Waals surface area contributed by atoms with Crippen LogP contribution in [0.4, 0.5) is 5.69 Å². The first-order chi connectivity index (χ1) is 9.91. The van der Waals surface area contributed by atoms with Gasteiger partial charge in [-0.1, -0.05) is 0 Å². The van der Waals surface area contributed by atoms with Crippen LogP contribution >= 0.6 is 0 Å². The van der Waals surface area contributed by atoms with Gasteiger partial charge in [0, 0.05) is 39.4 Å². The Morgan fingerprint density at radius 1 is 1.29 bits per heavy atom. The third-order valence-corrected chi connectivity index (χ3v) is 4.65. The van der Waals surface area contributed by atoms with Crippen LogP contribution in [0.1, 0.15) is 6.92 Å². The van der Waals surface area contributed by atoms with Gasteiger partial charge in [-0.15, -0.1) is 0 Å². The molecule has 0 saturated heterocycles. The van der Waals surface area contributed by atoms with E-state index in [1.165, 1.54) is 30.5 Å². The number of sulfonamides is 1. The van der Waals surface area contributed by atoms with E-state index < -0.39 is 10.0 Å². The van der Waals surface area contributed by atoms with Gasteiger partial charge in [0.2, 0.25) is 15.9 Å². The lowest BCUT2D eigenvalue weighted by atomic mass is 10.3. The van der Waals surface area contributed by atoms with E-state index in [-0.39, 0.29) is 30.4 Å². The summed E-state index contributed by atoms with van der Waals surface area (Å²) in [5.41, 5.74) is 6.01. The van der Waals surface area contributed by atoms with Crippen molar-refractivity contribution in [3.05, 3.63) is 24.3 Å². The van der Waals surface area contributed by atoms with Gasteiger partial charge >= 0.3 is 0 Å². The van der Waals surface area contributed by atoms with E-state index in [0.717, 1.165) is 0 Å². The van der Waals surface area contributed by atoms with E-state index in [4.69, 9.17) is 10.5 Å². The quantitative estimate of drug-likeness (QED) is 0.715. The van der Waals surface area contributed by atoms with Gasteiger partial charge in [-0.05, 0) is 24.3 Å². The molecule has 3 N–H and O–H groups in total. The number of nitrogens with two attached hydrogens (primary N) is 1. The number of rotatable bonds is 8. The highest BCUT2D eigenvalue weighted by Gasteiger charge is 2.23. The molecular formula is C13H21N3O4S. The molecule has 1 aromatic rings. The van der Waals surface area contributed by atoms with Crippen molar-refractivity contribution in [2.24, 2.45) is 5.73 Å². The number of hydrogen-bond acceptors (Lipinski definition) is 5. The van der Waals surface area contributed by atoms with Gasteiger partial charge in [0.05, 0.1) is 11.5 Å². The molecule has 0 aromatic heterocycles. The Bertz CT molecular complexity index is 557. The topological polar surface area (TPSA) is 102 Å². The maximum Gasteiger partial charge on any atom is 0.243 e. The van der Waals surface area contributed by atoms with Crippen molar-refractivity contribution in [1.29, 1.82) is 0 Å². The van der Waals surface area contributed by atoms with Crippen LogP contribution < -0.4 is 11.1 Å². The van der Waals surface area contributed by atoms with Gasteiger partial charge in [-0.25, -0.2) is 8.42 Å². The fourth-order valence-electron chi connectivity index (χ4n) is 1.75. The number of carbonyl (C=O) groups excluding carboxylic acids is 1. The average Bonchev–Trinajstić information content (AvgIpc) is 2.43. The molecule has 0 bridgehead atoms. The summed E-state index contributed by atoms with van der Waals surface area (Å²) in [6.07, 6.45) is 0. The summed E-state index contributed by atoms with van der Waals surface area (Å²) in [5.74, 6) is -0.213. The molecule has 0 heterocycles. The Hall–Kier alpha value is -1.48. The number of nitrogens with one attached hydrogen (secondary N) is 1. The molecule has 21 heavy (non-hydrogen) atoms. The lowest BCUT2D eigenvalue weighted by Gasteiger charge is -2.21. The van der Waals surface area contributed by atoms with Crippen LogP contribution in [0.5, 0.6) is 0 Å². The van der Waals surface area contributed by atoms with Crippen molar-refractivity contribution in [2.75, 3.05) is 38.7 Å². The normalized spacial score (nSPS) is 11.6. The van der Waals surface area contributed by atoms with Gasteiger partial charge < -0.3 is 15.8 Å². The summed E-state index contributed by atoms with van der Waals surface area (Å²) in [7, 11) is -2.11. The van der Waals surface area contributed by atoms with Crippen LogP contribution in [-0.4, -0.2) is 52.0 Å². The molecule has 1 amide bonds. The van der Waals surface area contributed by atoms with E-state index in [1.807, 2.05) is 0 Å². The standard InChI is InChI=1S/C13H21N3O4S/c1-11(17)15-12-3-5-13(6-4-12)21(18,19)16(8-7-14)9-10-20-2/h3-6H,7-10,14H2,1-2H3,(H,15,17). The van der Waals surface area contributed by atoms with Crippen molar-refractivity contribution in [1.82, 2.24) is 4.31 Å². The van der Waals surface area contributed by atoms with Gasteiger partial charge in [0.15, 0.2) is 0 Å². The van der Waals surface area contributed by atoms with Gasteiger partial charge in [-0.2, -0.15) is 4.31 Å². The minimum Gasteiger partial charge on any atom is -0.383 e. The fraction of sp³-hybridized carbons (Fsp3) is 0.462. The fourth-order valence-corrected chi connectivity index (χ4v) is 3.19. The first-order valence-electron chi connectivity index (χ1n) is 6.48. The van der Waals surface area contributed by atoms with Crippen molar-refractivity contribution < 1.29 is 17.9 Å². The van der Waals surface area contributed by atoms with Crippen LogP contribution in [0.2, 0.25) is 0 Å². The SMILES string of the molecule is COCCN(CCN)S(=O)(=O)c1ccc(NC(C)=O)cc1. The molecular weight excluding hydrogens is 294 g/mol. The molecule has 0 aliphatic rings. The molecule has 0 saturated carbocycles. The molecule has 0 spiro atoms. The molecule has 0 atom stereocenters. The van der Waals surface area contributed by atoms with Crippen LogP contribution in [0, 0.1) is 0 Å². The summed E-state index contributed by atoms with van der Waals surface area (Å²) in [4.78, 5) is 11.1. The largest absolute Gasteiger partial charge is 0.383 e. The molecule has 7 nitrogen and oxygen atoms in total. The van der Waals surface area contributed by atoms with Gasteiger partial charge in [0.1, 0.15) is 0 Å². The molecule has 0 aliphatic carbocycles. The Balaban J connectivity index is 2.95. The predicted molar refractivity (Wildman–Crippen MR) is 80.4 cm³/mol. The highest BCUT2D eigenvalue weighted by Crippen LogP contribution is 2.18. The zero-order valence-electron chi connectivity index (χ0n) is 12.2. The Kier molecular flexibility index (Phi) is 6.76. The lowest BCUT2D eigenvalue weighted by molar-refractivity contribution is -0.114. The van der Waals surface area contributed by atoms with Crippen molar-refractivity contribution >= 4 is 21.6 Å². The monoisotopic (exact) mass is 315 g/mol. The summed E-state index contributed by atoms with van der Waals surface area (Å²) >= 11 is 0. The number of carbonyl (C=O) groups is 1. The van der Waals surface area contributed by atoms with E-state index >= 15 is 0 Å². The lowest BCUT2D eigenvalue weighted by Crippen LogP contribution is -2.37. The minimum atomic E-state index is -3.62. The predicted octanol–water partition coefficient (Wildman–Crippen LogP) is 0.241. The molecule has 1 aromatic carbocycles. The Labute approximate surface area is 125 Å². The van der Waals surface area contributed by atoms with Crippen LogP contribution in [0.15, 0.2) is 29.2 Å². The van der Waals surface area contributed by atoms with E-state index in [9.17, 15) is 13.2 Å². The Morgan fingerprint density at radius 2 is 1.90 bits per heavy atom. The van der Waals surface area contributed by atoms with Crippen molar-refractivity contribution in [3.63, 3.8) is 0 Å². The van der Waals surface area contributed by atoms with Crippen LogP contribution in [-0.2, 0) is 19.6 Å². The molecule has 0 aliphatic heterocycles. The summed E-state index contributed by atoms with van der Waals surface area (Å²) < 4.78 is 31.2. The highest BCUT2D eigenvalue weighted by molar-refractivity contribution is 7.89. The second-order valence-electron chi connectivity index (χ2n) is 4.39. The third kappa shape index (κ3) is 5.09. The summed E-state index contributed by atoms with van der Waals surface area (Å²) in [6.45, 7) is 2.37. The van der Waals surface area contributed by atoms with Crippen molar-refractivity contribution in [2.45, 2.75) is 11.8 Å². The first kappa shape index (κ1) is 17.6. The van der Waals surface area contributed by atoms with Gasteiger partial charge in [-0.3, -0.25) is 4.79 Å². The Morgan fingerprint density at radius 3 is 2.38 bits per heavy atom. The minimum absolute atomic E-state index is 0.154. The molecule has 0 unspecified atom stereocenters. The molecule has 1 rings (SSSR count). The number of anilines is 1. The number of benzene rings is 1. The van der Waals surface area contributed by atoms with Crippen LogP contribution in [0.25, 0.3) is 0 Å². The van der Waals surface area contributed by atoms with E-state index in [1.54, 1.807) is 12.1 Å². The number of amides is 1. The highest BCUT2D eigenvalue weighted by atomic mass is 32.2. The molecule has 0 fully saturated rings. The zero-order valence-corrected chi connectivity index (χ0v) is 13.0. The van der Waals surface area contributed by atoms with E-state index in [0.29, 0.717) is 12.3 Å². The zero-order chi connectivity index (χ0) is 15.9. The number of methoxy groups -OCH3 is 1. The number of ether oxygens (including phenoxy) is 1. The van der Waals surface area contributed by atoms with Crippen molar-refractivity contribution in [3.8, 4) is 0 Å². The van der Waals surface area contributed by atoms with Crippen LogP contribution in [0.3, 0.4) is 0 Å². The maximum absolute atomic E-state index is 12.5. The number of nitrogens with zero attached hydrogens (tertiary/aromatic N) is 1. The summed E-state index contributed by atoms with van der Waals surface area (Å²) in [5, 5.41) is 2.58. The first-order valence-corrected chi connectivity index (χ1v) is 7.92. The second-order valence-corrected chi connectivity index (χ2v) is 6.33. The number of hydrogen-bond donors (Lipinski definition) is 2. The van der Waals surface area contributed by atoms with E-state index in [2.05, 4.69) is 5.32 Å². The molecule has 118 valence electrons. The smallest absolute Gasteiger partial charge is 0.243 e.